The lowest BCUT2D eigenvalue weighted by atomic mass is 10.3. The molecule has 0 N–H and O–H groups in total. The van der Waals surface area contributed by atoms with Gasteiger partial charge >= 0.3 is 0 Å². The van der Waals surface area contributed by atoms with E-state index >= 15 is 0 Å². The fraction of sp³-hybridized carbons (Fsp3) is 0.500. The lowest BCUT2D eigenvalue weighted by Gasteiger charge is -1.85. The van der Waals surface area contributed by atoms with E-state index in [4.69, 9.17) is 0 Å². The summed E-state index contributed by atoms with van der Waals surface area (Å²) < 4.78 is 4.03. The largest absolute Gasteiger partial charge is 0.201 e. The molecule has 0 atom stereocenters. The highest BCUT2D eigenvalue weighted by Crippen LogP contribution is 2.11. The maximum atomic E-state index is 4.03. The van der Waals surface area contributed by atoms with Gasteiger partial charge in [0.15, 0.2) is 0 Å². The fourth-order valence-electron chi connectivity index (χ4n) is 0.656. The Morgan fingerprint density at radius 3 is 2.75 bits per heavy atom. The van der Waals surface area contributed by atoms with Gasteiger partial charge in [-0.1, -0.05) is 6.92 Å². The van der Waals surface area contributed by atoms with Crippen LogP contribution in [0.15, 0.2) is 6.20 Å². The van der Waals surface area contributed by atoms with Gasteiger partial charge in [0.2, 0.25) is 0 Å². The Morgan fingerprint density at radius 2 is 2.50 bits per heavy atom. The third-order valence-corrected chi connectivity index (χ3v) is 2.21. The van der Waals surface area contributed by atoms with Crippen molar-refractivity contribution in [1.29, 1.82) is 0 Å². The summed E-state index contributed by atoms with van der Waals surface area (Å²) in [6.07, 6.45) is 3.04. The van der Waals surface area contributed by atoms with Crippen molar-refractivity contribution in [3.63, 3.8) is 0 Å². The Morgan fingerprint density at radius 1 is 1.75 bits per heavy atom. The van der Waals surface area contributed by atoms with E-state index in [0.29, 0.717) is 0 Å². The smallest absolute Gasteiger partial charge is 0.0438 e. The summed E-state index contributed by atoms with van der Waals surface area (Å²) in [4.78, 5) is 1.41. The van der Waals surface area contributed by atoms with E-state index < -0.39 is 0 Å². The van der Waals surface area contributed by atoms with Crippen molar-refractivity contribution in [1.82, 2.24) is 4.37 Å². The minimum absolute atomic E-state index is 1.12. The Bertz CT molecular complexity index is 169. The first-order valence-electron chi connectivity index (χ1n) is 2.74. The predicted octanol–water partition coefficient (Wildman–Crippen LogP) is 2.01. The van der Waals surface area contributed by atoms with Gasteiger partial charge in [0.05, 0.1) is 0 Å². The average Bonchev–Trinajstić information content (AvgIpc) is 2.14. The molecule has 1 heterocycles. The van der Waals surface area contributed by atoms with Crippen molar-refractivity contribution in [2.24, 2.45) is 0 Å². The summed E-state index contributed by atoms with van der Waals surface area (Å²) >= 11 is 1.60. The normalized spacial score (nSPS) is 9.75. The number of hydrogen-bond acceptors (Lipinski definition) is 2. The number of aromatic nitrogens is 1. The van der Waals surface area contributed by atoms with Gasteiger partial charge in [-0.15, -0.1) is 0 Å². The standard InChI is InChI=1S/C6H9NS/c1-3-6-5(2)4-7-8-6/h4H,3H2,1-2H3. The Hall–Kier alpha value is -0.370. The van der Waals surface area contributed by atoms with Crippen LogP contribution in [0.25, 0.3) is 0 Å². The summed E-state index contributed by atoms with van der Waals surface area (Å²) in [5.41, 5.74) is 1.33. The Kier molecular flexibility index (Phi) is 1.63. The van der Waals surface area contributed by atoms with Gasteiger partial charge in [-0.05, 0) is 30.4 Å². The third kappa shape index (κ3) is 0.892. The summed E-state index contributed by atoms with van der Waals surface area (Å²) in [7, 11) is 0. The zero-order valence-electron chi connectivity index (χ0n) is 5.14. The molecule has 0 spiro atoms. The first kappa shape index (κ1) is 5.76. The van der Waals surface area contributed by atoms with E-state index in [2.05, 4.69) is 18.2 Å². The molecule has 0 saturated carbocycles. The number of rotatable bonds is 1. The van der Waals surface area contributed by atoms with Crippen LogP contribution in [0.3, 0.4) is 0 Å². The molecular weight excluding hydrogens is 118 g/mol. The van der Waals surface area contributed by atoms with Crippen LogP contribution >= 0.6 is 11.5 Å². The zero-order chi connectivity index (χ0) is 5.98. The number of aryl methyl sites for hydroxylation is 2. The van der Waals surface area contributed by atoms with Crippen molar-refractivity contribution in [3.05, 3.63) is 16.6 Å². The fourth-order valence-corrected chi connectivity index (χ4v) is 1.32. The molecule has 1 rings (SSSR count). The van der Waals surface area contributed by atoms with Crippen LogP contribution < -0.4 is 0 Å². The molecule has 0 radical (unpaired) electrons. The number of nitrogens with zero attached hydrogens (tertiary/aromatic N) is 1. The van der Waals surface area contributed by atoms with Gasteiger partial charge in [0.1, 0.15) is 0 Å². The maximum absolute atomic E-state index is 4.03. The second kappa shape index (κ2) is 2.27. The SMILES string of the molecule is CCc1sncc1C. The minimum atomic E-state index is 1.12. The summed E-state index contributed by atoms with van der Waals surface area (Å²) in [6, 6.07) is 0. The second-order valence-corrected chi connectivity index (χ2v) is 2.67. The Balaban J connectivity index is 2.92. The lowest BCUT2D eigenvalue weighted by molar-refractivity contribution is 1.16. The first-order valence-corrected chi connectivity index (χ1v) is 3.52. The second-order valence-electron chi connectivity index (χ2n) is 1.79. The van der Waals surface area contributed by atoms with Crippen LogP contribution in [0, 0.1) is 6.92 Å². The molecule has 0 amide bonds. The van der Waals surface area contributed by atoms with Crippen molar-refractivity contribution >= 4 is 11.5 Å². The molecular formula is C6H9NS. The monoisotopic (exact) mass is 127 g/mol. The van der Waals surface area contributed by atoms with E-state index in [1.807, 2.05) is 6.20 Å². The summed E-state index contributed by atoms with van der Waals surface area (Å²) in [5, 5.41) is 0. The molecule has 1 aromatic rings. The van der Waals surface area contributed by atoms with Crippen molar-refractivity contribution in [3.8, 4) is 0 Å². The quantitative estimate of drug-likeness (QED) is 0.562. The molecule has 8 heavy (non-hydrogen) atoms. The van der Waals surface area contributed by atoms with E-state index in [9.17, 15) is 0 Å². The van der Waals surface area contributed by atoms with Crippen molar-refractivity contribution in [2.45, 2.75) is 20.3 Å². The van der Waals surface area contributed by atoms with Gasteiger partial charge in [0, 0.05) is 11.1 Å². The average molecular weight is 127 g/mol. The van der Waals surface area contributed by atoms with Crippen LogP contribution in [0.4, 0.5) is 0 Å². The molecule has 1 aromatic heterocycles. The molecule has 0 aliphatic carbocycles. The molecule has 0 fully saturated rings. The topological polar surface area (TPSA) is 12.9 Å². The van der Waals surface area contributed by atoms with Crippen LogP contribution in [0.1, 0.15) is 17.4 Å². The van der Waals surface area contributed by atoms with Gasteiger partial charge in [-0.2, -0.15) is 0 Å². The molecule has 0 aromatic carbocycles. The maximum Gasteiger partial charge on any atom is 0.0438 e. The van der Waals surface area contributed by atoms with E-state index in [0.717, 1.165) is 6.42 Å². The van der Waals surface area contributed by atoms with Gasteiger partial charge < -0.3 is 0 Å². The minimum Gasteiger partial charge on any atom is -0.201 e. The van der Waals surface area contributed by atoms with Crippen LogP contribution in [0.5, 0.6) is 0 Å². The molecule has 0 saturated heterocycles. The lowest BCUT2D eigenvalue weighted by Crippen LogP contribution is -1.72. The van der Waals surface area contributed by atoms with E-state index in [-0.39, 0.29) is 0 Å². The van der Waals surface area contributed by atoms with E-state index in [1.165, 1.54) is 10.4 Å². The first-order chi connectivity index (χ1) is 3.84. The van der Waals surface area contributed by atoms with Gasteiger partial charge in [-0.3, -0.25) is 0 Å². The molecule has 0 aliphatic heterocycles. The van der Waals surface area contributed by atoms with Crippen LogP contribution in [0.2, 0.25) is 0 Å². The van der Waals surface area contributed by atoms with Crippen LogP contribution in [-0.4, -0.2) is 4.37 Å². The number of hydrogen-bond donors (Lipinski definition) is 0. The van der Waals surface area contributed by atoms with Gasteiger partial charge in [-0.25, -0.2) is 4.37 Å². The highest BCUT2D eigenvalue weighted by Gasteiger charge is 1.94. The molecule has 0 unspecified atom stereocenters. The van der Waals surface area contributed by atoms with E-state index in [1.54, 1.807) is 11.5 Å². The third-order valence-electron chi connectivity index (χ3n) is 1.17. The predicted molar refractivity (Wildman–Crippen MR) is 36.2 cm³/mol. The van der Waals surface area contributed by atoms with Crippen molar-refractivity contribution in [2.75, 3.05) is 0 Å². The van der Waals surface area contributed by atoms with Gasteiger partial charge in [0.25, 0.3) is 0 Å². The molecule has 1 nitrogen and oxygen atoms in total. The molecule has 0 aliphatic rings. The molecule has 2 heteroatoms. The zero-order valence-corrected chi connectivity index (χ0v) is 5.96. The summed E-state index contributed by atoms with van der Waals surface area (Å²) in [5.74, 6) is 0. The highest BCUT2D eigenvalue weighted by molar-refractivity contribution is 7.05. The molecule has 44 valence electrons. The Labute approximate surface area is 53.5 Å². The highest BCUT2D eigenvalue weighted by atomic mass is 32.1. The molecule has 0 bridgehead atoms. The van der Waals surface area contributed by atoms with Crippen LogP contribution in [-0.2, 0) is 6.42 Å². The summed E-state index contributed by atoms with van der Waals surface area (Å²) in [6.45, 7) is 4.25. The van der Waals surface area contributed by atoms with Crippen molar-refractivity contribution < 1.29 is 0 Å².